The molecule has 4 rings (SSSR count). The van der Waals surface area contributed by atoms with Gasteiger partial charge in [0, 0.05) is 44.4 Å². The summed E-state index contributed by atoms with van der Waals surface area (Å²) in [6.45, 7) is 8.35. The Morgan fingerprint density at radius 3 is 2.43 bits per heavy atom. The van der Waals surface area contributed by atoms with Gasteiger partial charge in [-0.1, -0.05) is 6.07 Å². The lowest BCUT2D eigenvalue weighted by molar-refractivity contribution is -0.131. The third-order valence-electron chi connectivity index (χ3n) is 5.63. The number of rotatable bonds is 4. The number of carbonyl (C=O) groups excluding carboxylic acids is 2. The molecule has 7 heteroatoms. The summed E-state index contributed by atoms with van der Waals surface area (Å²) in [5.41, 5.74) is 4.06. The fraction of sp³-hybridized carbons (Fsp3) is 0.348. The van der Waals surface area contributed by atoms with E-state index >= 15 is 0 Å². The second-order valence-electron chi connectivity index (χ2n) is 7.77. The molecule has 0 bridgehead atoms. The van der Waals surface area contributed by atoms with Crippen molar-refractivity contribution in [3.05, 3.63) is 48.0 Å². The maximum absolute atomic E-state index is 12.7. The number of aryl methyl sites for hydroxylation is 1. The number of thiazole rings is 1. The Bertz CT molecular complexity index is 1070. The number of hydrogen-bond acceptors (Lipinski definition) is 5. The fourth-order valence-corrected chi connectivity index (χ4v) is 4.76. The molecule has 0 aliphatic carbocycles. The molecule has 1 fully saturated rings. The van der Waals surface area contributed by atoms with E-state index in [9.17, 15) is 9.59 Å². The van der Waals surface area contributed by atoms with Crippen LogP contribution in [-0.4, -0.2) is 58.8 Å². The third kappa shape index (κ3) is 4.37. The molecular weight excluding hydrogens is 396 g/mol. The molecule has 30 heavy (non-hydrogen) atoms. The molecule has 2 amide bonds. The Hall–Kier alpha value is -2.77. The predicted octanol–water partition coefficient (Wildman–Crippen LogP) is 3.76. The number of piperazine rings is 1. The van der Waals surface area contributed by atoms with Crippen LogP contribution in [0.1, 0.15) is 19.4 Å². The molecule has 1 unspecified atom stereocenters. The van der Waals surface area contributed by atoms with Gasteiger partial charge in [0.2, 0.25) is 11.8 Å². The van der Waals surface area contributed by atoms with E-state index in [4.69, 9.17) is 4.98 Å². The zero-order valence-electron chi connectivity index (χ0n) is 17.5. The minimum Gasteiger partial charge on any atom is -0.340 e. The summed E-state index contributed by atoms with van der Waals surface area (Å²) in [7, 11) is 0. The molecule has 1 atom stereocenters. The van der Waals surface area contributed by atoms with Crippen LogP contribution in [0.2, 0.25) is 0 Å². The molecule has 2 heterocycles. The van der Waals surface area contributed by atoms with Gasteiger partial charge in [-0.15, -0.1) is 11.3 Å². The minimum atomic E-state index is -0.244. The lowest BCUT2D eigenvalue weighted by Gasteiger charge is -2.37. The van der Waals surface area contributed by atoms with Crippen molar-refractivity contribution in [2.45, 2.75) is 26.8 Å². The van der Waals surface area contributed by atoms with Gasteiger partial charge in [0.15, 0.2) is 0 Å². The molecule has 0 saturated carbocycles. The maximum atomic E-state index is 12.7. The standard InChI is InChI=1S/C23H26N4O2S/c1-15-4-9-20-21(14-15)30-23(25-20)18-5-7-19(8-6-18)24-22(29)16(2)26-10-12-27(13-11-26)17(3)28/h4-9,14,16H,10-13H2,1-3H3,(H,24,29). The number of anilines is 1. The average Bonchev–Trinajstić information content (AvgIpc) is 3.17. The van der Waals surface area contributed by atoms with E-state index in [0.29, 0.717) is 26.2 Å². The summed E-state index contributed by atoms with van der Waals surface area (Å²) in [5.74, 6) is 0.0598. The first-order valence-corrected chi connectivity index (χ1v) is 11.0. The number of aromatic nitrogens is 1. The highest BCUT2D eigenvalue weighted by molar-refractivity contribution is 7.21. The monoisotopic (exact) mass is 422 g/mol. The van der Waals surface area contributed by atoms with Gasteiger partial charge in [0.05, 0.1) is 16.3 Å². The summed E-state index contributed by atoms with van der Waals surface area (Å²) in [5, 5.41) is 3.98. The minimum absolute atomic E-state index is 0.0329. The molecule has 1 aromatic heterocycles. The first-order chi connectivity index (χ1) is 14.4. The Morgan fingerprint density at radius 2 is 1.77 bits per heavy atom. The molecule has 1 saturated heterocycles. The number of nitrogens with one attached hydrogen (secondary N) is 1. The quantitative estimate of drug-likeness (QED) is 0.695. The van der Waals surface area contributed by atoms with Crippen molar-refractivity contribution in [2.75, 3.05) is 31.5 Å². The summed E-state index contributed by atoms with van der Waals surface area (Å²) in [4.78, 5) is 32.8. The molecular formula is C23H26N4O2S. The third-order valence-corrected chi connectivity index (χ3v) is 6.70. The normalized spacial score (nSPS) is 15.9. The molecule has 6 nitrogen and oxygen atoms in total. The lowest BCUT2D eigenvalue weighted by atomic mass is 10.2. The van der Waals surface area contributed by atoms with Crippen molar-refractivity contribution in [1.29, 1.82) is 0 Å². The molecule has 0 radical (unpaired) electrons. The molecule has 1 aliphatic rings. The van der Waals surface area contributed by atoms with Crippen molar-refractivity contribution < 1.29 is 9.59 Å². The Kier molecular flexibility index (Phi) is 5.83. The largest absolute Gasteiger partial charge is 0.340 e. The molecule has 156 valence electrons. The summed E-state index contributed by atoms with van der Waals surface area (Å²) < 4.78 is 1.18. The SMILES string of the molecule is CC(=O)N1CCN(C(C)C(=O)Nc2ccc(-c3nc4ccc(C)cc4s3)cc2)CC1. The van der Waals surface area contributed by atoms with Crippen LogP contribution in [-0.2, 0) is 9.59 Å². The van der Waals surface area contributed by atoms with Gasteiger partial charge < -0.3 is 10.2 Å². The smallest absolute Gasteiger partial charge is 0.241 e. The van der Waals surface area contributed by atoms with E-state index in [1.165, 1.54) is 10.3 Å². The molecule has 1 N–H and O–H groups in total. The van der Waals surface area contributed by atoms with Crippen LogP contribution in [0.5, 0.6) is 0 Å². The van der Waals surface area contributed by atoms with Gasteiger partial charge in [-0.2, -0.15) is 0 Å². The van der Waals surface area contributed by atoms with Crippen LogP contribution in [0.3, 0.4) is 0 Å². The second kappa shape index (κ2) is 8.53. The summed E-state index contributed by atoms with van der Waals surface area (Å²) in [6, 6.07) is 13.9. The number of carbonyl (C=O) groups is 2. The van der Waals surface area contributed by atoms with E-state index in [1.807, 2.05) is 36.1 Å². The highest BCUT2D eigenvalue weighted by atomic mass is 32.1. The van der Waals surface area contributed by atoms with Crippen molar-refractivity contribution >= 4 is 39.1 Å². The molecule has 0 spiro atoms. The highest BCUT2D eigenvalue weighted by Crippen LogP contribution is 2.31. The van der Waals surface area contributed by atoms with Crippen LogP contribution in [0.15, 0.2) is 42.5 Å². The van der Waals surface area contributed by atoms with Crippen LogP contribution >= 0.6 is 11.3 Å². The van der Waals surface area contributed by atoms with E-state index in [2.05, 4.69) is 35.3 Å². The van der Waals surface area contributed by atoms with Gasteiger partial charge in [-0.25, -0.2) is 4.98 Å². The first-order valence-electron chi connectivity index (χ1n) is 10.2. The van der Waals surface area contributed by atoms with Crippen LogP contribution in [0, 0.1) is 6.92 Å². The van der Waals surface area contributed by atoms with Crippen LogP contribution in [0.4, 0.5) is 5.69 Å². The predicted molar refractivity (Wildman–Crippen MR) is 122 cm³/mol. The Labute approximate surface area is 180 Å². The summed E-state index contributed by atoms with van der Waals surface area (Å²) in [6.07, 6.45) is 0. The molecule has 3 aromatic rings. The summed E-state index contributed by atoms with van der Waals surface area (Å²) >= 11 is 1.68. The Balaban J connectivity index is 1.39. The van der Waals surface area contributed by atoms with Gasteiger partial charge in [-0.05, 0) is 55.8 Å². The fourth-order valence-electron chi connectivity index (χ4n) is 3.69. The number of nitrogens with zero attached hydrogens (tertiary/aromatic N) is 3. The second-order valence-corrected chi connectivity index (χ2v) is 8.81. The van der Waals surface area contributed by atoms with E-state index in [-0.39, 0.29) is 17.9 Å². The number of fused-ring (bicyclic) bond motifs is 1. The lowest BCUT2D eigenvalue weighted by Crippen LogP contribution is -2.53. The van der Waals surface area contributed by atoms with Gasteiger partial charge in [0.1, 0.15) is 5.01 Å². The Morgan fingerprint density at radius 1 is 1.07 bits per heavy atom. The van der Waals surface area contributed by atoms with Crippen LogP contribution in [0.25, 0.3) is 20.8 Å². The highest BCUT2D eigenvalue weighted by Gasteiger charge is 2.26. The van der Waals surface area contributed by atoms with Crippen molar-refractivity contribution in [1.82, 2.24) is 14.8 Å². The zero-order valence-corrected chi connectivity index (χ0v) is 18.3. The number of amides is 2. The maximum Gasteiger partial charge on any atom is 0.241 e. The molecule has 2 aromatic carbocycles. The van der Waals surface area contributed by atoms with Crippen LogP contribution < -0.4 is 5.32 Å². The average molecular weight is 423 g/mol. The topological polar surface area (TPSA) is 65.5 Å². The van der Waals surface area contributed by atoms with Gasteiger partial charge >= 0.3 is 0 Å². The van der Waals surface area contributed by atoms with Crippen molar-refractivity contribution in [3.8, 4) is 10.6 Å². The first kappa shape index (κ1) is 20.5. The zero-order chi connectivity index (χ0) is 21.3. The van der Waals surface area contributed by atoms with E-state index in [0.717, 1.165) is 21.8 Å². The van der Waals surface area contributed by atoms with Gasteiger partial charge in [0.25, 0.3) is 0 Å². The number of hydrogen-bond donors (Lipinski definition) is 1. The van der Waals surface area contributed by atoms with E-state index < -0.39 is 0 Å². The van der Waals surface area contributed by atoms with E-state index in [1.54, 1.807) is 18.3 Å². The number of benzene rings is 2. The van der Waals surface area contributed by atoms with Crippen molar-refractivity contribution in [3.63, 3.8) is 0 Å². The molecule has 1 aliphatic heterocycles. The van der Waals surface area contributed by atoms with Gasteiger partial charge in [-0.3, -0.25) is 14.5 Å². The van der Waals surface area contributed by atoms with Crippen molar-refractivity contribution in [2.24, 2.45) is 0 Å².